The molecule has 5 nitrogen and oxygen atoms in total. The summed E-state index contributed by atoms with van der Waals surface area (Å²) in [4.78, 5) is 12.1. The third kappa shape index (κ3) is 2.42. The van der Waals surface area contributed by atoms with Crippen molar-refractivity contribution in [3.8, 4) is 0 Å². The van der Waals surface area contributed by atoms with Crippen LogP contribution in [0.25, 0.3) is 5.65 Å². The van der Waals surface area contributed by atoms with Crippen LogP contribution in [0.2, 0.25) is 0 Å². The van der Waals surface area contributed by atoms with Crippen molar-refractivity contribution in [1.29, 1.82) is 0 Å². The Morgan fingerprint density at radius 2 is 2.11 bits per heavy atom. The van der Waals surface area contributed by atoms with E-state index in [9.17, 15) is 9.90 Å². The van der Waals surface area contributed by atoms with E-state index in [0.29, 0.717) is 18.1 Å². The van der Waals surface area contributed by atoms with E-state index in [4.69, 9.17) is 0 Å². The molecule has 5 heteroatoms. The zero-order chi connectivity index (χ0) is 13.2. The van der Waals surface area contributed by atoms with Gasteiger partial charge in [0, 0.05) is 6.20 Å². The van der Waals surface area contributed by atoms with Crippen LogP contribution in [-0.2, 0) is 6.54 Å². The van der Waals surface area contributed by atoms with Gasteiger partial charge in [0.05, 0.1) is 12.6 Å². The summed E-state index contributed by atoms with van der Waals surface area (Å²) in [5.74, 6) is 0.311. The molecule has 1 aliphatic carbocycles. The fourth-order valence-corrected chi connectivity index (χ4v) is 2.93. The van der Waals surface area contributed by atoms with Crippen LogP contribution in [0.15, 0.2) is 29.2 Å². The van der Waals surface area contributed by atoms with Crippen LogP contribution in [0.1, 0.15) is 32.1 Å². The molecule has 3 rings (SSSR count). The van der Waals surface area contributed by atoms with Crippen molar-refractivity contribution >= 4 is 5.65 Å². The molecule has 0 amide bonds. The van der Waals surface area contributed by atoms with E-state index in [1.54, 1.807) is 18.3 Å². The Labute approximate surface area is 111 Å². The van der Waals surface area contributed by atoms with Gasteiger partial charge >= 0.3 is 5.69 Å². The third-order valence-electron chi connectivity index (χ3n) is 4.04. The topological polar surface area (TPSA) is 59.5 Å². The van der Waals surface area contributed by atoms with Gasteiger partial charge in [0.25, 0.3) is 0 Å². The Bertz CT molecular complexity index is 610. The lowest BCUT2D eigenvalue weighted by Crippen LogP contribution is -2.32. The van der Waals surface area contributed by atoms with Crippen LogP contribution in [0.4, 0.5) is 0 Å². The van der Waals surface area contributed by atoms with Crippen LogP contribution >= 0.6 is 0 Å². The first-order valence-corrected chi connectivity index (χ1v) is 6.98. The summed E-state index contributed by atoms with van der Waals surface area (Å²) in [6.07, 6.45) is 6.98. The number of nitrogens with zero attached hydrogens (tertiary/aromatic N) is 3. The molecule has 2 heterocycles. The second-order valence-corrected chi connectivity index (χ2v) is 5.36. The summed E-state index contributed by atoms with van der Waals surface area (Å²) in [6.45, 7) is 0.297. The maximum Gasteiger partial charge on any atom is 0.350 e. The Morgan fingerprint density at radius 3 is 2.84 bits per heavy atom. The largest absolute Gasteiger partial charge is 0.391 e. The van der Waals surface area contributed by atoms with Crippen molar-refractivity contribution in [3.05, 3.63) is 34.9 Å². The maximum atomic E-state index is 12.1. The van der Waals surface area contributed by atoms with E-state index < -0.39 is 6.10 Å². The molecule has 1 saturated carbocycles. The van der Waals surface area contributed by atoms with Crippen molar-refractivity contribution in [3.63, 3.8) is 0 Å². The number of aliphatic hydroxyl groups excluding tert-OH is 1. The van der Waals surface area contributed by atoms with Crippen molar-refractivity contribution in [1.82, 2.24) is 14.2 Å². The van der Waals surface area contributed by atoms with Gasteiger partial charge in [0.2, 0.25) is 0 Å². The zero-order valence-electron chi connectivity index (χ0n) is 10.9. The monoisotopic (exact) mass is 261 g/mol. The number of hydrogen-bond donors (Lipinski definition) is 1. The summed E-state index contributed by atoms with van der Waals surface area (Å²) in [5, 5.41) is 14.5. The third-order valence-corrected chi connectivity index (χ3v) is 4.04. The van der Waals surface area contributed by atoms with Gasteiger partial charge in [-0.05, 0) is 30.9 Å². The van der Waals surface area contributed by atoms with E-state index in [1.807, 2.05) is 6.07 Å². The minimum absolute atomic E-state index is 0.176. The number of hydrogen-bond acceptors (Lipinski definition) is 3. The van der Waals surface area contributed by atoms with E-state index in [0.717, 1.165) is 12.8 Å². The van der Waals surface area contributed by atoms with E-state index >= 15 is 0 Å². The molecule has 0 saturated heterocycles. The summed E-state index contributed by atoms with van der Waals surface area (Å²) in [5.41, 5.74) is 0.453. The second-order valence-electron chi connectivity index (χ2n) is 5.36. The predicted molar refractivity (Wildman–Crippen MR) is 72.0 cm³/mol. The molecular formula is C14H19N3O2. The normalized spacial score (nSPS) is 18.8. The Kier molecular flexibility index (Phi) is 3.38. The molecule has 0 aromatic carbocycles. The molecule has 2 aromatic rings. The summed E-state index contributed by atoms with van der Waals surface area (Å²) >= 11 is 0. The maximum absolute atomic E-state index is 12.1. The zero-order valence-corrected chi connectivity index (χ0v) is 10.9. The van der Waals surface area contributed by atoms with Gasteiger partial charge in [-0.3, -0.25) is 4.40 Å². The first-order chi connectivity index (χ1) is 9.25. The smallest absolute Gasteiger partial charge is 0.350 e. The highest BCUT2D eigenvalue weighted by Gasteiger charge is 2.23. The Hall–Kier alpha value is -1.62. The van der Waals surface area contributed by atoms with Crippen molar-refractivity contribution in [2.24, 2.45) is 5.92 Å². The highest BCUT2D eigenvalue weighted by molar-refractivity contribution is 5.35. The Morgan fingerprint density at radius 1 is 1.32 bits per heavy atom. The lowest BCUT2D eigenvalue weighted by atomic mass is 9.85. The average molecular weight is 261 g/mol. The number of pyridine rings is 1. The van der Waals surface area contributed by atoms with Gasteiger partial charge in [0.15, 0.2) is 5.65 Å². The van der Waals surface area contributed by atoms with Gasteiger partial charge in [-0.15, -0.1) is 5.10 Å². The predicted octanol–water partition coefficient (Wildman–Crippen LogP) is 1.44. The van der Waals surface area contributed by atoms with Gasteiger partial charge in [-0.2, -0.15) is 0 Å². The molecule has 0 aliphatic heterocycles. The van der Waals surface area contributed by atoms with E-state index in [-0.39, 0.29) is 5.69 Å². The molecule has 1 unspecified atom stereocenters. The van der Waals surface area contributed by atoms with E-state index in [2.05, 4.69) is 5.10 Å². The molecule has 102 valence electrons. The van der Waals surface area contributed by atoms with Gasteiger partial charge in [0.1, 0.15) is 0 Å². The quantitative estimate of drug-likeness (QED) is 0.909. The molecule has 0 spiro atoms. The average Bonchev–Trinajstić information content (AvgIpc) is 2.77. The summed E-state index contributed by atoms with van der Waals surface area (Å²) < 4.78 is 2.89. The van der Waals surface area contributed by atoms with Gasteiger partial charge < -0.3 is 5.11 Å². The second kappa shape index (κ2) is 5.17. The van der Waals surface area contributed by atoms with Crippen LogP contribution in [0.3, 0.4) is 0 Å². The van der Waals surface area contributed by atoms with Crippen molar-refractivity contribution in [2.45, 2.75) is 44.8 Å². The minimum Gasteiger partial charge on any atom is -0.391 e. The van der Waals surface area contributed by atoms with Gasteiger partial charge in [-0.25, -0.2) is 9.48 Å². The molecule has 1 fully saturated rings. The minimum atomic E-state index is -0.470. The molecule has 1 N–H and O–H groups in total. The molecule has 0 radical (unpaired) electrons. The molecule has 0 bridgehead atoms. The molecule has 1 atom stereocenters. The first kappa shape index (κ1) is 12.4. The molecule has 2 aromatic heterocycles. The fraction of sp³-hybridized carbons (Fsp3) is 0.571. The fourth-order valence-electron chi connectivity index (χ4n) is 2.93. The number of aliphatic hydroxyl groups is 1. The lowest BCUT2D eigenvalue weighted by Gasteiger charge is -2.26. The SMILES string of the molecule is O=c1n(CC(O)C2CCCCC2)nc2ccccn12. The van der Waals surface area contributed by atoms with Crippen LogP contribution in [0.5, 0.6) is 0 Å². The standard InChI is InChI=1S/C14H19N3O2/c18-12(11-6-2-1-3-7-11)10-17-14(19)16-9-5-4-8-13(16)15-17/h4-5,8-9,11-12,18H,1-3,6-7,10H2. The number of rotatable bonds is 3. The van der Waals surface area contributed by atoms with Crippen LogP contribution in [0, 0.1) is 5.92 Å². The Balaban J connectivity index is 1.81. The lowest BCUT2D eigenvalue weighted by molar-refractivity contribution is 0.0656. The van der Waals surface area contributed by atoms with Crippen LogP contribution in [-0.4, -0.2) is 25.4 Å². The molecule has 1 aliphatic rings. The highest BCUT2D eigenvalue weighted by Crippen LogP contribution is 2.26. The highest BCUT2D eigenvalue weighted by atomic mass is 16.3. The first-order valence-electron chi connectivity index (χ1n) is 6.98. The van der Waals surface area contributed by atoms with E-state index in [1.165, 1.54) is 28.3 Å². The summed E-state index contributed by atoms with van der Waals surface area (Å²) in [7, 11) is 0. The number of aromatic nitrogens is 3. The van der Waals surface area contributed by atoms with Crippen molar-refractivity contribution in [2.75, 3.05) is 0 Å². The van der Waals surface area contributed by atoms with Crippen LogP contribution < -0.4 is 5.69 Å². The molecular weight excluding hydrogens is 242 g/mol. The van der Waals surface area contributed by atoms with Crippen molar-refractivity contribution < 1.29 is 5.11 Å². The molecule has 19 heavy (non-hydrogen) atoms. The van der Waals surface area contributed by atoms with Gasteiger partial charge in [-0.1, -0.05) is 25.3 Å². The summed E-state index contributed by atoms with van der Waals surface area (Å²) in [6, 6.07) is 5.45. The number of fused-ring (bicyclic) bond motifs is 1.